The lowest BCUT2D eigenvalue weighted by molar-refractivity contribution is -0.137. The topological polar surface area (TPSA) is 26.0 Å². The number of rotatable bonds is 0. The summed E-state index contributed by atoms with van der Waals surface area (Å²) in [6.07, 6.45) is -4.36. The predicted octanol–water partition coefficient (Wildman–Crippen LogP) is 3.78. The highest BCUT2D eigenvalue weighted by molar-refractivity contribution is 6.33. The summed E-state index contributed by atoms with van der Waals surface area (Å²) >= 11 is 5.44. The van der Waals surface area contributed by atoms with Crippen LogP contribution in [0.1, 0.15) is 5.56 Å². The molecule has 2 N–H and O–H groups in total. The molecule has 1 aromatic rings. The number of anilines is 1. The lowest BCUT2D eigenvalue weighted by Crippen LogP contribution is -2.05. The van der Waals surface area contributed by atoms with Crippen molar-refractivity contribution in [3.05, 3.63) is 28.8 Å². The van der Waals surface area contributed by atoms with Gasteiger partial charge in [-0.25, -0.2) is 0 Å². The lowest BCUT2D eigenvalue weighted by Gasteiger charge is -2.07. The molecule has 0 aliphatic heterocycles. The van der Waals surface area contributed by atoms with E-state index in [1.165, 1.54) is 0 Å². The van der Waals surface area contributed by atoms with Crippen LogP contribution in [-0.2, 0) is 6.18 Å². The molecule has 0 heterocycles. The molecule has 1 nitrogen and oxygen atoms in total. The first kappa shape index (κ1) is 16.1. The molecule has 0 radical (unpaired) electrons. The summed E-state index contributed by atoms with van der Waals surface area (Å²) < 4.78 is 36.0. The van der Waals surface area contributed by atoms with Gasteiger partial charge in [-0.15, -0.1) is 24.8 Å². The highest BCUT2D eigenvalue weighted by atomic mass is 35.5. The molecule has 1 aromatic carbocycles. The van der Waals surface area contributed by atoms with Gasteiger partial charge in [0.05, 0.1) is 16.3 Å². The van der Waals surface area contributed by atoms with Crippen LogP contribution in [0.2, 0.25) is 5.02 Å². The maximum Gasteiger partial charge on any atom is 0.416 e. The van der Waals surface area contributed by atoms with Gasteiger partial charge >= 0.3 is 6.18 Å². The minimum Gasteiger partial charge on any atom is -0.398 e. The largest absolute Gasteiger partial charge is 0.416 e. The fourth-order valence-corrected chi connectivity index (χ4v) is 0.838. The van der Waals surface area contributed by atoms with Gasteiger partial charge in [0.2, 0.25) is 0 Å². The van der Waals surface area contributed by atoms with Crippen molar-refractivity contribution in [1.82, 2.24) is 0 Å². The van der Waals surface area contributed by atoms with Crippen molar-refractivity contribution in [2.24, 2.45) is 0 Å². The van der Waals surface area contributed by atoms with E-state index in [-0.39, 0.29) is 35.5 Å². The molecule has 14 heavy (non-hydrogen) atoms. The molecule has 0 aliphatic carbocycles. The van der Waals surface area contributed by atoms with E-state index in [2.05, 4.69) is 0 Å². The van der Waals surface area contributed by atoms with E-state index in [0.717, 1.165) is 18.2 Å². The molecule has 0 bridgehead atoms. The number of nitrogens with two attached hydrogens (primary N) is 1. The molecular weight excluding hydrogens is 261 g/mol. The van der Waals surface area contributed by atoms with Gasteiger partial charge in [0.15, 0.2) is 0 Å². The zero-order chi connectivity index (χ0) is 9.35. The minimum atomic E-state index is -4.36. The molecule has 0 aliphatic rings. The van der Waals surface area contributed by atoms with Crippen molar-refractivity contribution < 1.29 is 13.2 Å². The van der Waals surface area contributed by atoms with Crippen molar-refractivity contribution in [2.75, 3.05) is 5.73 Å². The van der Waals surface area contributed by atoms with E-state index >= 15 is 0 Å². The first-order chi connectivity index (χ1) is 5.41. The fraction of sp³-hybridized carbons (Fsp3) is 0.143. The average molecular weight is 268 g/mol. The summed E-state index contributed by atoms with van der Waals surface area (Å²) in [7, 11) is 0. The van der Waals surface area contributed by atoms with Gasteiger partial charge in [0.25, 0.3) is 0 Å². The Kier molecular flexibility index (Phi) is 6.37. The standard InChI is InChI=1S/C7H5ClF3N.2ClH/c8-5-2-1-4(3-6(5)12)7(9,10)11;;/h1-3H,12H2;2*1H. The average Bonchev–Trinajstić information content (AvgIpc) is 1.92. The summed E-state index contributed by atoms with van der Waals surface area (Å²) in [5.74, 6) is 0. The first-order valence-corrected chi connectivity index (χ1v) is 3.41. The van der Waals surface area contributed by atoms with Crippen LogP contribution in [-0.4, -0.2) is 0 Å². The van der Waals surface area contributed by atoms with Gasteiger partial charge in [-0.2, -0.15) is 13.2 Å². The molecule has 0 saturated heterocycles. The number of hydrogen-bond acceptors (Lipinski definition) is 1. The van der Waals surface area contributed by atoms with Gasteiger partial charge in [0, 0.05) is 0 Å². The maximum absolute atomic E-state index is 12.0. The van der Waals surface area contributed by atoms with Crippen LogP contribution in [0.4, 0.5) is 18.9 Å². The summed E-state index contributed by atoms with van der Waals surface area (Å²) in [6, 6.07) is 2.82. The minimum absolute atomic E-state index is 0. The van der Waals surface area contributed by atoms with Gasteiger partial charge in [-0.05, 0) is 18.2 Å². The molecule has 0 spiro atoms. The molecule has 82 valence electrons. The molecule has 0 aromatic heterocycles. The number of alkyl halides is 3. The van der Waals surface area contributed by atoms with Crippen LogP contribution in [0.15, 0.2) is 18.2 Å². The second kappa shape index (κ2) is 5.53. The third kappa shape index (κ3) is 3.82. The number of nitrogen functional groups attached to an aromatic ring is 1. The van der Waals surface area contributed by atoms with E-state index in [9.17, 15) is 13.2 Å². The summed E-state index contributed by atoms with van der Waals surface area (Å²) in [5, 5.41) is 0.128. The van der Waals surface area contributed by atoms with Crippen molar-refractivity contribution in [2.45, 2.75) is 6.18 Å². The lowest BCUT2D eigenvalue weighted by atomic mass is 10.2. The zero-order valence-corrected chi connectivity index (χ0v) is 9.03. The van der Waals surface area contributed by atoms with Gasteiger partial charge in [0.1, 0.15) is 0 Å². The van der Waals surface area contributed by atoms with Gasteiger partial charge in [-0.3, -0.25) is 0 Å². The molecule has 0 fully saturated rings. The summed E-state index contributed by atoms with van der Waals surface area (Å²) in [5.41, 5.74) is 4.33. The second-order valence-corrected chi connectivity index (χ2v) is 2.64. The van der Waals surface area contributed by atoms with Crippen molar-refractivity contribution in [3.63, 3.8) is 0 Å². The van der Waals surface area contributed by atoms with Gasteiger partial charge < -0.3 is 5.73 Å². The van der Waals surface area contributed by atoms with Gasteiger partial charge in [-0.1, -0.05) is 11.6 Å². The number of benzene rings is 1. The van der Waals surface area contributed by atoms with Crippen molar-refractivity contribution >= 4 is 42.1 Å². The fourth-order valence-electron chi connectivity index (χ4n) is 0.720. The smallest absolute Gasteiger partial charge is 0.398 e. The maximum atomic E-state index is 12.0. The second-order valence-electron chi connectivity index (χ2n) is 2.23. The summed E-state index contributed by atoms with van der Waals surface area (Å²) in [6.45, 7) is 0. The normalized spacial score (nSPS) is 10.0. The molecule has 0 unspecified atom stereocenters. The zero-order valence-electron chi connectivity index (χ0n) is 6.64. The Morgan fingerprint density at radius 2 is 1.64 bits per heavy atom. The van der Waals surface area contributed by atoms with Crippen LogP contribution in [0, 0.1) is 0 Å². The third-order valence-corrected chi connectivity index (χ3v) is 1.67. The molecule has 1 rings (SSSR count). The van der Waals surface area contributed by atoms with E-state index in [4.69, 9.17) is 17.3 Å². The summed E-state index contributed by atoms with van der Waals surface area (Å²) in [4.78, 5) is 0. The number of halogens is 6. The van der Waals surface area contributed by atoms with Crippen LogP contribution >= 0.6 is 36.4 Å². The third-order valence-electron chi connectivity index (χ3n) is 1.32. The highest BCUT2D eigenvalue weighted by Crippen LogP contribution is 2.32. The van der Waals surface area contributed by atoms with E-state index in [1.54, 1.807) is 0 Å². The van der Waals surface area contributed by atoms with E-state index in [1.807, 2.05) is 0 Å². The van der Waals surface area contributed by atoms with Crippen molar-refractivity contribution in [3.8, 4) is 0 Å². The van der Waals surface area contributed by atoms with Crippen LogP contribution in [0.5, 0.6) is 0 Å². The Bertz CT molecular complexity index is 301. The Morgan fingerprint density at radius 1 is 1.14 bits per heavy atom. The Labute approximate surface area is 96.2 Å². The number of hydrogen-bond donors (Lipinski definition) is 1. The monoisotopic (exact) mass is 267 g/mol. The van der Waals surface area contributed by atoms with E-state index in [0.29, 0.717) is 0 Å². The molecule has 0 saturated carbocycles. The molecule has 0 amide bonds. The van der Waals surface area contributed by atoms with Crippen LogP contribution < -0.4 is 5.73 Å². The van der Waals surface area contributed by atoms with Crippen LogP contribution in [0.25, 0.3) is 0 Å². The van der Waals surface area contributed by atoms with Crippen molar-refractivity contribution in [1.29, 1.82) is 0 Å². The highest BCUT2D eigenvalue weighted by Gasteiger charge is 2.30. The Hall–Kier alpha value is -0.320. The first-order valence-electron chi connectivity index (χ1n) is 3.03. The quantitative estimate of drug-likeness (QED) is 0.712. The molecular formula is C7H7Cl3F3N. The Morgan fingerprint density at radius 3 is 2.00 bits per heavy atom. The Balaban J connectivity index is 0. The SMILES string of the molecule is Cl.Cl.Nc1cc(C(F)(F)F)ccc1Cl. The molecule has 7 heteroatoms. The van der Waals surface area contributed by atoms with E-state index < -0.39 is 11.7 Å². The van der Waals surface area contributed by atoms with Crippen LogP contribution in [0.3, 0.4) is 0 Å². The molecule has 0 atom stereocenters. The predicted molar refractivity (Wildman–Crippen MR) is 55.4 cm³/mol.